The molecule has 1 fully saturated rings. The second-order valence-electron chi connectivity index (χ2n) is 6.55. The number of carbonyl (C=O) groups is 1. The van der Waals surface area contributed by atoms with Crippen LogP contribution in [0.5, 0.6) is 0 Å². The number of fused-ring (bicyclic) bond motifs is 1. The first-order valence-corrected chi connectivity index (χ1v) is 8.48. The molecule has 0 aromatic carbocycles. The van der Waals surface area contributed by atoms with E-state index in [0.717, 1.165) is 23.2 Å². The van der Waals surface area contributed by atoms with Crippen LogP contribution in [0.25, 0.3) is 5.78 Å². The average Bonchev–Trinajstić information content (AvgIpc) is 2.99. The van der Waals surface area contributed by atoms with Gasteiger partial charge in [0.15, 0.2) is 0 Å². The summed E-state index contributed by atoms with van der Waals surface area (Å²) >= 11 is 0. The molecule has 10 heteroatoms. The summed E-state index contributed by atoms with van der Waals surface area (Å²) in [6, 6.07) is 0.128. The highest BCUT2D eigenvalue weighted by molar-refractivity contribution is 5.77. The molecule has 1 N–H and O–H groups in total. The molecule has 0 aliphatic carbocycles. The lowest BCUT2D eigenvalue weighted by atomic mass is 10.1. The first kappa shape index (κ1) is 18.6. The molecule has 0 bridgehead atoms. The van der Waals surface area contributed by atoms with Gasteiger partial charge in [0.25, 0.3) is 11.6 Å². The summed E-state index contributed by atoms with van der Waals surface area (Å²) in [5.74, 6) is -1.26. The van der Waals surface area contributed by atoms with Crippen LogP contribution in [0.4, 0.5) is 13.2 Å². The number of rotatable bonds is 3. The fraction of sp³-hybridized carbons (Fsp3) is 0.625. The molecule has 1 aliphatic heterocycles. The fourth-order valence-electron chi connectivity index (χ4n) is 3.28. The lowest BCUT2D eigenvalue weighted by Gasteiger charge is -2.34. The Balaban J connectivity index is 1.82. The van der Waals surface area contributed by atoms with Crippen molar-refractivity contribution in [1.29, 1.82) is 0 Å². The predicted molar refractivity (Wildman–Crippen MR) is 87.6 cm³/mol. The van der Waals surface area contributed by atoms with Gasteiger partial charge in [-0.1, -0.05) is 0 Å². The molecule has 2 aromatic rings. The van der Waals surface area contributed by atoms with Crippen molar-refractivity contribution in [3.63, 3.8) is 0 Å². The number of aryl methyl sites for hydroxylation is 2. The van der Waals surface area contributed by atoms with Gasteiger partial charge in [-0.05, 0) is 32.8 Å². The highest BCUT2D eigenvalue weighted by atomic mass is 19.4. The maximum absolute atomic E-state index is 12.8. The van der Waals surface area contributed by atoms with Gasteiger partial charge >= 0.3 is 6.18 Å². The van der Waals surface area contributed by atoms with Gasteiger partial charge in [0.05, 0.1) is 0 Å². The zero-order valence-electron chi connectivity index (χ0n) is 14.9. The predicted octanol–water partition coefficient (Wildman–Crippen LogP) is 1.51. The van der Waals surface area contributed by atoms with Crippen molar-refractivity contribution >= 4 is 11.7 Å². The molecule has 0 spiro atoms. The van der Waals surface area contributed by atoms with Gasteiger partial charge in [0.1, 0.15) is 0 Å². The van der Waals surface area contributed by atoms with Gasteiger partial charge in [0.2, 0.25) is 5.91 Å². The maximum atomic E-state index is 12.8. The third-order valence-corrected chi connectivity index (χ3v) is 4.71. The van der Waals surface area contributed by atoms with Gasteiger partial charge in [-0.3, -0.25) is 4.79 Å². The van der Waals surface area contributed by atoms with E-state index in [2.05, 4.69) is 20.4 Å². The Kier molecular flexibility index (Phi) is 4.87. The zero-order valence-corrected chi connectivity index (χ0v) is 14.9. The van der Waals surface area contributed by atoms with Crippen LogP contribution >= 0.6 is 0 Å². The standard InChI is InChI=1S/C16H21F3N6O/c1-9-8-20-6-7-24(9)13(26)5-4-12-10(2)21-15-22-14(16(17,18)19)23-25(15)11(12)3/h9,20H,4-8H2,1-3H3/t9-/m0/s1. The van der Waals surface area contributed by atoms with Crippen molar-refractivity contribution in [3.05, 3.63) is 22.8 Å². The number of hydrogen-bond acceptors (Lipinski definition) is 5. The lowest BCUT2D eigenvalue weighted by Crippen LogP contribution is -2.52. The van der Waals surface area contributed by atoms with Crippen molar-refractivity contribution in [2.45, 2.75) is 45.8 Å². The molecule has 3 heterocycles. The van der Waals surface area contributed by atoms with E-state index in [0.29, 0.717) is 24.4 Å². The zero-order chi connectivity index (χ0) is 19.1. The molecule has 0 saturated carbocycles. The van der Waals surface area contributed by atoms with Crippen LogP contribution in [0.15, 0.2) is 0 Å². The Morgan fingerprint density at radius 3 is 2.69 bits per heavy atom. The Hall–Kier alpha value is -2.23. The van der Waals surface area contributed by atoms with E-state index < -0.39 is 12.0 Å². The van der Waals surface area contributed by atoms with Crippen molar-refractivity contribution in [2.24, 2.45) is 0 Å². The number of amides is 1. The number of nitrogens with zero attached hydrogens (tertiary/aromatic N) is 5. The summed E-state index contributed by atoms with van der Waals surface area (Å²) in [6.45, 7) is 7.55. The van der Waals surface area contributed by atoms with E-state index >= 15 is 0 Å². The van der Waals surface area contributed by atoms with Crippen molar-refractivity contribution in [1.82, 2.24) is 29.8 Å². The molecule has 2 aromatic heterocycles. The Morgan fingerprint density at radius 1 is 1.31 bits per heavy atom. The Bertz CT molecular complexity index is 831. The normalized spacial score (nSPS) is 18.5. The molecular weight excluding hydrogens is 349 g/mol. The third-order valence-electron chi connectivity index (χ3n) is 4.71. The molecule has 0 unspecified atom stereocenters. The average molecular weight is 370 g/mol. The van der Waals surface area contributed by atoms with Crippen LogP contribution in [0.1, 0.15) is 36.1 Å². The summed E-state index contributed by atoms with van der Waals surface area (Å²) in [6.07, 6.45) is -3.94. The first-order chi connectivity index (χ1) is 12.2. The monoisotopic (exact) mass is 370 g/mol. The molecule has 1 saturated heterocycles. The van der Waals surface area contributed by atoms with E-state index in [-0.39, 0.29) is 24.1 Å². The van der Waals surface area contributed by atoms with E-state index in [9.17, 15) is 18.0 Å². The summed E-state index contributed by atoms with van der Waals surface area (Å²) in [5, 5.41) is 6.76. The summed E-state index contributed by atoms with van der Waals surface area (Å²) in [5.41, 5.74) is 1.82. The molecular formula is C16H21F3N6O. The van der Waals surface area contributed by atoms with Gasteiger partial charge in [-0.25, -0.2) is 9.50 Å². The lowest BCUT2D eigenvalue weighted by molar-refractivity contribution is -0.144. The molecule has 1 aliphatic rings. The van der Waals surface area contributed by atoms with E-state index in [1.807, 2.05) is 11.8 Å². The number of carbonyl (C=O) groups excluding carboxylic acids is 1. The third kappa shape index (κ3) is 3.50. The minimum atomic E-state index is -4.62. The second-order valence-corrected chi connectivity index (χ2v) is 6.55. The Labute approximate surface area is 148 Å². The van der Waals surface area contributed by atoms with Crippen LogP contribution in [-0.2, 0) is 17.4 Å². The number of nitrogens with one attached hydrogen (secondary N) is 1. The van der Waals surface area contributed by atoms with E-state index in [4.69, 9.17) is 0 Å². The molecule has 7 nitrogen and oxygen atoms in total. The van der Waals surface area contributed by atoms with Crippen LogP contribution in [0.2, 0.25) is 0 Å². The van der Waals surface area contributed by atoms with Gasteiger partial charge in [-0.2, -0.15) is 18.2 Å². The van der Waals surface area contributed by atoms with Gasteiger partial charge in [0, 0.05) is 43.5 Å². The SMILES string of the molecule is Cc1nc2nc(C(F)(F)F)nn2c(C)c1CCC(=O)N1CCNC[C@@H]1C. The minimum Gasteiger partial charge on any atom is -0.337 e. The number of hydrogen-bond donors (Lipinski definition) is 1. The fourth-order valence-corrected chi connectivity index (χ4v) is 3.28. The largest absolute Gasteiger partial charge is 0.453 e. The van der Waals surface area contributed by atoms with Crippen LogP contribution < -0.4 is 5.32 Å². The molecule has 1 atom stereocenters. The van der Waals surface area contributed by atoms with Crippen LogP contribution in [-0.4, -0.2) is 56.1 Å². The Morgan fingerprint density at radius 2 is 2.04 bits per heavy atom. The molecule has 1 amide bonds. The van der Waals surface area contributed by atoms with Gasteiger partial charge < -0.3 is 10.2 Å². The van der Waals surface area contributed by atoms with E-state index in [1.54, 1.807) is 13.8 Å². The first-order valence-electron chi connectivity index (χ1n) is 8.48. The van der Waals surface area contributed by atoms with Crippen LogP contribution in [0, 0.1) is 13.8 Å². The molecule has 3 rings (SSSR count). The van der Waals surface area contributed by atoms with Crippen molar-refractivity contribution < 1.29 is 18.0 Å². The number of piperazine rings is 1. The van der Waals surface area contributed by atoms with Crippen LogP contribution in [0.3, 0.4) is 0 Å². The maximum Gasteiger partial charge on any atom is 0.453 e. The number of halogens is 3. The van der Waals surface area contributed by atoms with Crippen molar-refractivity contribution in [2.75, 3.05) is 19.6 Å². The minimum absolute atomic E-state index is 0.0347. The number of alkyl halides is 3. The molecule has 142 valence electrons. The topological polar surface area (TPSA) is 75.4 Å². The smallest absolute Gasteiger partial charge is 0.337 e. The number of aromatic nitrogens is 4. The summed E-state index contributed by atoms with van der Waals surface area (Å²) in [4.78, 5) is 21.9. The van der Waals surface area contributed by atoms with Crippen molar-refractivity contribution in [3.8, 4) is 0 Å². The summed E-state index contributed by atoms with van der Waals surface area (Å²) in [7, 11) is 0. The quantitative estimate of drug-likeness (QED) is 0.887. The molecule has 26 heavy (non-hydrogen) atoms. The highest BCUT2D eigenvalue weighted by Crippen LogP contribution is 2.27. The molecule has 0 radical (unpaired) electrons. The van der Waals surface area contributed by atoms with E-state index in [1.165, 1.54) is 0 Å². The second kappa shape index (κ2) is 6.82. The summed E-state index contributed by atoms with van der Waals surface area (Å²) < 4.78 is 39.6. The highest BCUT2D eigenvalue weighted by Gasteiger charge is 2.37. The van der Waals surface area contributed by atoms with Gasteiger partial charge in [-0.15, -0.1) is 5.10 Å².